The lowest BCUT2D eigenvalue weighted by molar-refractivity contribution is 0.672. The molecule has 0 amide bonds. The zero-order valence-electron chi connectivity index (χ0n) is 29.9. The zero-order valence-corrected chi connectivity index (χ0v) is 29.9. The third-order valence-corrected chi connectivity index (χ3v) is 11.0. The summed E-state index contributed by atoms with van der Waals surface area (Å²) in [5, 5.41) is 7.04. The van der Waals surface area contributed by atoms with Crippen molar-refractivity contribution in [2.45, 2.75) is 0 Å². The maximum atomic E-state index is 6.43. The minimum Gasteiger partial charge on any atom is -0.455 e. The lowest BCUT2D eigenvalue weighted by Crippen LogP contribution is -2.11. The first-order valence-corrected chi connectivity index (χ1v) is 18.8. The summed E-state index contributed by atoms with van der Waals surface area (Å²) in [5.41, 5.74) is 13.3. The molecule has 0 saturated carbocycles. The number of anilines is 3. The quantitative estimate of drug-likeness (QED) is 0.172. The zero-order chi connectivity index (χ0) is 36.3. The van der Waals surface area contributed by atoms with Gasteiger partial charge in [0.05, 0.1) is 16.7 Å². The van der Waals surface area contributed by atoms with E-state index in [0.29, 0.717) is 0 Å². The molecule has 0 radical (unpaired) electrons. The second-order valence-corrected chi connectivity index (χ2v) is 14.1. The van der Waals surface area contributed by atoms with E-state index in [0.717, 1.165) is 61.0 Å². The van der Waals surface area contributed by atoms with Gasteiger partial charge in [0.15, 0.2) is 0 Å². The number of hydrogen-bond donors (Lipinski definition) is 0. The smallest absolute Gasteiger partial charge is 0.143 e. The van der Waals surface area contributed by atoms with Crippen LogP contribution in [0.15, 0.2) is 211 Å². The number of rotatable bonds is 6. The van der Waals surface area contributed by atoms with Crippen LogP contribution in [0.5, 0.6) is 0 Å². The van der Waals surface area contributed by atoms with Gasteiger partial charge < -0.3 is 13.9 Å². The fourth-order valence-electron chi connectivity index (χ4n) is 8.42. The van der Waals surface area contributed by atoms with Gasteiger partial charge in [0, 0.05) is 49.6 Å². The van der Waals surface area contributed by atoms with Crippen LogP contribution in [0.2, 0.25) is 0 Å². The summed E-state index contributed by atoms with van der Waals surface area (Å²) in [7, 11) is 0. The average Bonchev–Trinajstić information content (AvgIpc) is 3.81. The molecule has 258 valence electrons. The molecule has 0 spiro atoms. The molecule has 0 saturated heterocycles. The van der Waals surface area contributed by atoms with Crippen LogP contribution in [-0.2, 0) is 0 Å². The Morgan fingerprint density at radius 1 is 0.382 bits per heavy atom. The molecule has 0 fully saturated rings. The van der Waals surface area contributed by atoms with E-state index in [4.69, 9.17) is 4.42 Å². The van der Waals surface area contributed by atoms with Crippen molar-refractivity contribution in [3.8, 4) is 27.9 Å². The van der Waals surface area contributed by atoms with E-state index < -0.39 is 0 Å². The van der Waals surface area contributed by atoms with Gasteiger partial charge in [0.1, 0.15) is 11.2 Å². The first-order chi connectivity index (χ1) is 27.3. The van der Waals surface area contributed by atoms with Crippen LogP contribution in [0, 0.1) is 0 Å². The normalized spacial score (nSPS) is 11.6. The van der Waals surface area contributed by atoms with Gasteiger partial charge >= 0.3 is 0 Å². The Balaban J connectivity index is 1.04. The van der Waals surface area contributed by atoms with Crippen LogP contribution >= 0.6 is 0 Å². The molecule has 2 heterocycles. The van der Waals surface area contributed by atoms with Gasteiger partial charge in [-0.15, -0.1) is 0 Å². The summed E-state index contributed by atoms with van der Waals surface area (Å²) in [5.74, 6) is 0. The molecule has 9 aromatic carbocycles. The number of nitrogens with zero attached hydrogens (tertiary/aromatic N) is 2. The van der Waals surface area contributed by atoms with E-state index in [9.17, 15) is 0 Å². The fraction of sp³-hybridized carbons (Fsp3) is 0. The summed E-state index contributed by atoms with van der Waals surface area (Å²) in [6.07, 6.45) is 0. The van der Waals surface area contributed by atoms with Crippen LogP contribution < -0.4 is 4.90 Å². The average molecular weight is 703 g/mol. The maximum Gasteiger partial charge on any atom is 0.143 e. The Kier molecular flexibility index (Phi) is 7.17. The highest BCUT2D eigenvalue weighted by Crippen LogP contribution is 2.43. The van der Waals surface area contributed by atoms with Crippen LogP contribution in [0.25, 0.3) is 82.5 Å². The lowest BCUT2D eigenvalue weighted by atomic mass is 10.00. The highest BCUT2D eigenvalue weighted by Gasteiger charge is 2.19. The van der Waals surface area contributed by atoms with Gasteiger partial charge in [-0.2, -0.15) is 0 Å². The summed E-state index contributed by atoms with van der Waals surface area (Å²) < 4.78 is 8.81. The first kappa shape index (κ1) is 31.2. The number of hydrogen-bond acceptors (Lipinski definition) is 2. The third-order valence-electron chi connectivity index (χ3n) is 11.0. The van der Waals surface area contributed by atoms with E-state index in [1.54, 1.807) is 0 Å². The highest BCUT2D eigenvalue weighted by atomic mass is 16.3. The monoisotopic (exact) mass is 702 g/mol. The van der Waals surface area contributed by atoms with Crippen LogP contribution in [0.3, 0.4) is 0 Å². The van der Waals surface area contributed by atoms with Crippen LogP contribution in [0.1, 0.15) is 0 Å². The Morgan fingerprint density at radius 3 is 1.82 bits per heavy atom. The highest BCUT2D eigenvalue weighted by molar-refractivity contribution is 6.15. The molecule has 55 heavy (non-hydrogen) atoms. The van der Waals surface area contributed by atoms with Crippen molar-refractivity contribution in [1.29, 1.82) is 0 Å². The SMILES string of the molecule is c1ccc(-c2ccccc2N(c2ccc(-c3cccc(-n4c5ccccc5c5ccccc54)c3)cc2)c2ccc3c(ccc4c5ccccc5oc34)c2)cc1. The summed E-state index contributed by atoms with van der Waals surface area (Å²) in [4.78, 5) is 2.38. The second kappa shape index (κ2) is 12.6. The summed E-state index contributed by atoms with van der Waals surface area (Å²) >= 11 is 0. The predicted octanol–water partition coefficient (Wildman–Crippen LogP) is 14.6. The van der Waals surface area contributed by atoms with Crippen molar-refractivity contribution >= 4 is 71.6 Å². The van der Waals surface area contributed by atoms with Crippen molar-refractivity contribution < 1.29 is 4.42 Å². The molecule has 0 aliphatic carbocycles. The third kappa shape index (κ3) is 5.13. The number of furan rings is 1. The van der Waals surface area contributed by atoms with Crippen LogP contribution in [-0.4, -0.2) is 4.57 Å². The Bertz CT molecular complexity index is 3150. The summed E-state index contributed by atoms with van der Waals surface area (Å²) in [6, 6.07) is 73.9. The minimum atomic E-state index is 0.910. The molecule has 2 aromatic heterocycles. The van der Waals surface area contributed by atoms with E-state index in [1.165, 1.54) is 38.5 Å². The predicted molar refractivity (Wildman–Crippen MR) is 231 cm³/mol. The van der Waals surface area contributed by atoms with Crippen molar-refractivity contribution in [2.75, 3.05) is 4.90 Å². The molecular formula is C52H34N2O. The molecule has 11 rings (SSSR count). The standard InChI is InChI=1S/C52H34N2O/c1-2-13-36(14-3-1)42-17-4-8-21-48(42)53(41-30-32-43-38(34-41)27-31-47-46-20-7-11-24-51(46)55-52(43)47)39-28-25-35(26-29-39)37-15-12-16-40(33-37)54-49-22-9-5-18-44(49)45-19-6-10-23-50(45)54/h1-34H. The van der Waals surface area contributed by atoms with Crippen molar-refractivity contribution in [3.63, 3.8) is 0 Å². The van der Waals surface area contributed by atoms with E-state index in [2.05, 4.69) is 204 Å². The molecular weight excluding hydrogens is 669 g/mol. The van der Waals surface area contributed by atoms with E-state index >= 15 is 0 Å². The van der Waals surface area contributed by atoms with Gasteiger partial charge in [-0.25, -0.2) is 0 Å². The number of fused-ring (bicyclic) bond motifs is 8. The number of para-hydroxylation sites is 4. The molecule has 0 atom stereocenters. The van der Waals surface area contributed by atoms with Gasteiger partial charge in [-0.05, 0) is 94.9 Å². The van der Waals surface area contributed by atoms with Gasteiger partial charge in [0.2, 0.25) is 0 Å². The van der Waals surface area contributed by atoms with E-state index in [1.807, 2.05) is 12.1 Å². The molecule has 3 nitrogen and oxygen atoms in total. The molecule has 0 aliphatic rings. The first-order valence-electron chi connectivity index (χ1n) is 18.8. The van der Waals surface area contributed by atoms with Crippen molar-refractivity contribution in [2.24, 2.45) is 0 Å². The summed E-state index contributed by atoms with van der Waals surface area (Å²) in [6.45, 7) is 0. The molecule has 0 N–H and O–H groups in total. The maximum absolute atomic E-state index is 6.43. The van der Waals surface area contributed by atoms with Crippen LogP contribution in [0.4, 0.5) is 17.1 Å². The Hall–Kier alpha value is -7.36. The van der Waals surface area contributed by atoms with Crippen molar-refractivity contribution in [1.82, 2.24) is 4.57 Å². The minimum absolute atomic E-state index is 0.910. The van der Waals surface area contributed by atoms with Gasteiger partial charge in [-0.1, -0.05) is 133 Å². The van der Waals surface area contributed by atoms with Crippen molar-refractivity contribution in [3.05, 3.63) is 206 Å². The largest absolute Gasteiger partial charge is 0.455 e. The fourth-order valence-corrected chi connectivity index (χ4v) is 8.42. The Labute approximate surface area is 318 Å². The topological polar surface area (TPSA) is 21.3 Å². The molecule has 0 aliphatic heterocycles. The second-order valence-electron chi connectivity index (χ2n) is 14.1. The molecule has 3 heteroatoms. The van der Waals surface area contributed by atoms with E-state index in [-0.39, 0.29) is 0 Å². The Morgan fingerprint density at radius 2 is 1.02 bits per heavy atom. The lowest BCUT2D eigenvalue weighted by Gasteiger charge is -2.28. The number of benzene rings is 9. The van der Waals surface area contributed by atoms with Gasteiger partial charge in [-0.3, -0.25) is 0 Å². The molecule has 0 bridgehead atoms. The molecule has 11 aromatic rings. The van der Waals surface area contributed by atoms with Gasteiger partial charge in [0.25, 0.3) is 0 Å². The number of aromatic nitrogens is 1. The molecule has 0 unspecified atom stereocenters.